The molecule has 1 radical (unpaired) electrons. The molecule has 0 aliphatic heterocycles. The molecular formula is H8MnN2O7P2. The van der Waals surface area contributed by atoms with Crippen molar-refractivity contribution in [1.29, 1.82) is 0 Å². The first-order valence-corrected chi connectivity index (χ1v) is 4.38. The van der Waals surface area contributed by atoms with Crippen LogP contribution >= 0.6 is 15.6 Å². The van der Waals surface area contributed by atoms with Gasteiger partial charge in [0.2, 0.25) is 0 Å². The fourth-order valence-corrected chi connectivity index (χ4v) is 1.10. The van der Waals surface area contributed by atoms with E-state index in [1.54, 1.807) is 0 Å². The van der Waals surface area contributed by atoms with Crippen LogP contribution in [0.2, 0.25) is 0 Å². The van der Waals surface area contributed by atoms with Gasteiger partial charge in [-0.25, -0.2) is 0 Å². The molecular weight excluding hydrogens is 257 g/mol. The van der Waals surface area contributed by atoms with E-state index >= 15 is 0 Å². The van der Waals surface area contributed by atoms with Crippen LogP contribution in [0.3, 0.4) is 0 Å². The summed E-state index contributed by atoms with van der Waals surface area (Å²) < 4.78 is 21.2. The molecule has 0 amide bonds. The predicted octanol–water partition coefficient (Wildman–Crippen LogP) is -2.59. The first-order chi connectivity index (χ1) is 3.71. The second-order valence-corrected chi connectivity index (χ2v) is 3.42. The number of rotatable bonds is 2. The molecule has 8 N–H and O–H groups in total. The number of hydrogen-bond acceptors (Lipinski definition) is 7. The molecule has 12 heavy (non-hydrogen) atoms. The predicted molar refractivity (Wildman–Crippen MR) is 28.3 cm³/mol. The molecule has 77 valence electrons. The summed E-state index contributed by atoms with van der Waals surface area (Å²) >= 11 is 0. The van der Waals surface area contributed by atoms with Crippen molar-refractivity contribution in [2.24, 2.45) is 0 Å². The molecule has 0 aliphatic carbocycles. The second kappa shape index (κ2) is 7.14. The van der Waals surface area contributed by atoms with Gasteiger partial charge in [0.05, 0.1) is 15.6 Å². The molecule has 0 unspecified atom stereocenters. The summed E-state index contributed by atoms with van der Waals surface area (Å²) in [4.78, 5) is 37.3. The van der Waals surface area contributed by atoms with Gasteiger partial charge in [0, 0.05) is 0 Å². The number of phosphoric acid groups is 2. The summed E-state index contributed by atoms with van der Waals surface area (Å²) in [6.07, 6.45) is 0. The summed E-state index contributed by atoms with van der Waals surface area (Å²) in [5.74, 6) is 0. The number of quaternary nitrogens is 2. The minimum Gasteiger partial charge on any atom is -0.790 e. The van der Waals surface area contributed by atoms with Gasteiger partial charge in [-0.15, -0.1) is 0 Å². The van der Waals surface area contributed by atoms with Crippen LogP contribution in [0.5, 0.6) is 0 Å². The molecule has 0 aromatic carbocycles. The summed E-state index contributed by atoms with van der Waals surface area (Å²) in [6.45, 7) is 0. The van der Waals surface area contributed by atoms with E-state index in [0.29, 0.717) is 0 Å². The zero-order chi connectivity index (χ0) is 7.71. The van der Waals surface area contributed by atoms with Crippen LogP contribution in [0, 0.1) is 0 Å². The Bertz CT molecular complexity index is 160. The molecule has 0 rings (SSSR count). The number of hydrogen-bond donors (Lipinski definition) is 2. The van der Waals surface area contributed by atoms with Crippen molar-refractivity contribution >= 4 is 15.6 Å². The van der Waals surface area contributed by atoms with E-state index in [9.17, 15) is 28.7 Å². The Kier molecular flexibility index (Phi) is 13.7. The molecule has 0 aromatic heterocycles. The average Bonchev–Trinajstić information content (AvgIpc) is 1.14. The molecule has 0 saturated heterocycles. The van der Waals surface area contributed by atoms with Gasteiger partial charge in [0.25, 0.3) is 0 Å². The minimum atomic E-state index is -5.68. The first-order valence-electron chi connectivity index (χ1n) is 1.46. The van der Waals surface area contributed by atoms with Crippen molar-refractivity contribution < 1.29 is 50.1 Å². The van der Waals surface area contributed by atoms with Gasteiger partial charge in [-0.05, 0) is 0 Å². The molecule has 0 atom stereocenters. The van der Waals surface area contributed by atoms with E-state index < -0.39 is 15.6 Å². The SMILES string of the molecule is O=P([O-])([O-])OP(=O)([O-])[O-].[Mn+2].[NH4+].[NH4+]. The van der Waals surface area contributed by atoms with Crippen LogP contribution in [0.1, 0.15) is 0 Å². The van der Waals surface area contributed by atoms with Crippen molar-refractivity contribution in [3.63, 3.8) is 0 Å². The minimum absolute atomic E-state index is 0. The standard InChI is InChI=1S/Mn.2H3N.H4O7P2/c;;;1-8(2,3)7-9(4,5)6/h;2*1H3;(H2,1,2,3)(H2,4,5,6)/q+2;;;/p-2. The van der Waals surface area contributed by atoms with E-state index in [1.165, 1.54) is 0 Å². The van der Waals surface area contributed by atoms with Gasteiger partial charge in [-0.2, -0.15) is 0 Å². The van der Waals surface area contributed by atoms with Gasteiger partial charge >= 0.3 is 17.1 Å². The maximum atomic E-state index is 9.32. The van der Waals surface area contributed by atoms with Crippen LogP contribution < -0.4 is 31.9 Å². The van der Waals surface area contributed by atoms with Gasteiger partial charge in [-0.3, -0.25) is 0 Å². The van der Waals surface area contributed by atoms with E-state index in [4.69, 9.17) is 0 Å². The smallest absolute Gasteiger partial charge is 0.790 e. The third kappa shape index (κ3) is 22.4. The van der Waals surface area contributed by atoms with Gasteiger partial charge < -0.3 is 45.3 Å². The molecule has 0 bridgehead atoms. The molecule has 0 heterocycles. The van der Waals surface area contributed by atoms with Crippen LogP contribution in [0.4, 0.5) is 0 Å². The summed E-state index contributed by atoms with van der Waals surface area (Å²) in [7, 11) is -11.4. The molecule has 12 heteroatoms. The van der Waals surface area contributed by atoms with Crippen LogP contribution in [-0.4, -0.2) is 0 Å². The quantitative estimate of drug-likeness (QED) is 0.401. The maximum Gasteiger partial charge on any atom is 2.00 e. The maximum absolute atomic E-state index is 9.32. The topological polar surface area (TPSA) is 209 Å². The third-order valence-corrected chi connectivity index (χ3v) is 1.80. The van der Waals surface area contributed by atoms with E-state index in [0.717, 1.165) is 0 Å². The summed E-state index contributed by atoms with van der Waals surface area (Å²) in [6, 6.07) is 0. The van der Waals surface area contributed by atoms with Crippen LogP contribution in [0.15, 0.2) is 0 Å². The average molecular weight is 265 g/mol. The zero-order valence-electron chi connectivity index (χ0n) is 6.13. The molecule has 0 saturated carbocycles. The van der Waals surface area contributed by atoms with Crippen molar-refractivity contribution in [1.82, 2.24) is 12.3 Å². The summed E-state index contributed by atoms with van der Waals surface area (Å²) in [5.41, 5.74) is 0. The normalized spacial score (nSPS) is 10.3. The Morgan fingerprint density at radius 2 is 1.00 bits per heavy atom. The van der Waals surface area contributed by atoms with Gasteiger partial charge in [0.15, 0.2) is 0 Å². The van der Waals surface area contributed by atoms with Crippen molar-refractivity contribution in [3.05, 3.63) is 0 Å². The Morgan fingerprint density at radius 3 is 1.00 bits per heavy atom. The zero-order valence-corrected chi connectivity index (χ0v) is 9.10. The first kappa shape index (κ1) is 23.0. The molecule has 0 aliphatic rings. The fraction of sp³-hybridized carbons (Fsp3) is 0. The summed E-state index contributed by atoms with van der Waals surface area (Å²) in [5, 5.41) is 0. The largest absolute Gasteiger partial charge is 2.00 e. The molecule has 0 spiro atoms. The Morgan fingerprint density at radius 1 is 0.833 bits per heavy atom. The monoisotopic (exact) mass is 265 g/mol. The second-order valence-electron chi connectivity index (χ2n) is 0.976. The van der Waals surface area contributed by atoms with Crippen molar-refractivity contribution in [3.8, 4) is 0 Å². The Hall–Kier alpha value is 0.699. The Labute approximate surface area is 78.6 Å². The van der Waals surface area contributed by atoms with Gasteiger partial charge in [0.1, 0.15) is 0 Å². The van der Waals surface area contributed by atoms with E-state index in [1.807, 2.05) is 0 Å². The van der Waals surface area contributed by atoms with Crippen molar-refractivity contribution in [2.45, 2.75) is 0 Å². The van der Waals surface area contributed by atoms with Crippen LogP contribution in [0.25, 0.3) is 0 Å². The van der Waals surface area contributed by atoms with E-state index in [-0.39, 0.29) is 29.4 Å². The van der Waals surface area contributed by atoms with Crippen molar-refractivity contribution in [2.75, 3.05) is 0 Å². The molecule has 0 fully saturated rings. The van der Waals surface area contributed by atoms with Gasteiger partial charge in [-0.1, -0.05) is 0 Å². The Balaban J connectivity index is -0.000000107. The van der Waals surface area contributed by atoms with Crippen LogP contribution in [-0.2, 0) is 30.5 Å². The molecule has 0 aromatic rings. The molecule has 9 nitrogen and oxygen atoms in total. The fourth-order valence-electron chi connectivity index (χ4n) is 0.122. The third-order valence-electron chi connectivity index (χ3n) is 0.200. The van der Waals surface area contributed by atoms with E-state index in [2.05, 4.69) is 4.31 Å².